The van der Waals surface area contributed by atoms with E-state index in [0.717, 1.165) is 44.9 Å². The Kier molecular flexibility index (Phi) is 31.5. The summed E-state index contributed by atoms with van der Waals surface area (Å²) in [6.07, 6.45) is 36.7. The highest BCUT2D eigenvalue weighted by molar-refractivity contribution is 7.85. The van der Waals surface area contributed by atoms with Gasteiger partial charge in [0.15, 0.2) is 0 Å². The first-order valence-electron chi connectivity index (χ1n) is 19.1. The molecule has 0 saturated carbocycles. The highest BCUT2D eigenvalue weighted by Crippen LogP contribution is 2.14. The van der Waals surface area contributed by atoms with E-state index >= 15 is 0 Å². The van der Waals surface area contributed by atoms with E-state index in [1.807, 2.05) is 0 Å². The van der Waals surface area contributed by atoms with E-state index in [-0.39, 0.29) is 6.42 Å². The number of aliphatic hydroxyl groups is 2. The lowest BCUT2D eigenvalue weighted by atomic mass is 10.0. The maximum absolute atomic E-state index is 12.5. The molecule has 0 bridgehead atoms. The van der Waals surface area contributed by atoms with Gasteiger partial charge < -0.3 is 15.5 Å². The Morgan fingerprint density at radius 1 is 0.587 bits per heavy atom. The predicted octanol–water partition coefficient (Wildman–Crippen LogP) is 9.77. The van der Waals surface area contributed by atoms with Crippen LogP contribution in [0.3, 0.4) is 0 Å². The number of amides is 1. The minimum absolute atomic E-state index is 0.274. The van der Waals surface area contributed by atoms with Gasteiger partial charge in [-0.3, -0.25) is 9.35 Å². The number of aliphatic hydroxyl groups excluding tert-OH is 2. The van der Waals surface area contributed by atoms with Crippen molar-refractivity contribution in [3.8, 4) is 0 Å². The van der Waals surface area contributed by atoms with E-state index in [1.54, 1.807) is 6.08 Å². The molecule has 3 unspecified atom stereocenters. The van der Waals surface area contributed by atoms with Crippen LogP contribution in [0.25, 0.3) is 0 Å². The minimum Gasteiger partial charge on any atom is -0.387 e. The lowest BCUT2D eigenvalue weighted by molar-refractivity contribution is -0.130. The normalized spacial score (nSPS) is 14.3. The van der Waals surface area contributed by atoms with Gasteiger partial charge in [-0.2, -0.15) is 8.42 Å². The summed E-state index contributed by atoms with van der Waals surface area (Å²) in [4.78, 5) is 12.5. The topological polar surface area (TPSA) is 124 Å². The number of hydrogen-bond acceptors (Lipinski definition) is 5. The molecular weight excluding hydrogens is 598 g/mol. The van der Waals surface area contributed by atoms with Crippen molar-refractivity contribution in [1.29, 1.82) is 0 Å². The lowest BCUT2D eigenvalue weighted by Gasteiger charge is -2.22. The van der Waals surface area contributed by atoms with Gasteiger partial charge in [0, 0.05) is 0 Å². The first kappa shape index (κ1) is 44.8. The molecule has 0 aromatic rings. The van der Waals surface area contributed by atoms with Crippen molar-refractivity contribution in [3.05, 3.63) is 24.3 Å². The fourth-order valence-electron chi connectivity index (χ4n) is 5.74. The molecular formula is C38H73NO6S. The number of carbonyl (C=O) groups excluding carboxylic acids is 1. The van der Waals surface area contributed by atoms with Crippen molar-refractivity contribution < 1.29 is 28.0 Å². The van der Waals surface area contributed by atoms with Gasteiger partial charge in [0.25, 0.3) is 10.1 Å². The summed E-state index contributed by atoms with van der Waals surface area (Å²) in [5, 5.41) is 23.3. The summed E-state index contributed by atoms with van der Waals surface area (Å²) in [7, 11) is -4.43. The Hall–Kier alpha value is -1.22. The maximum atomic E-state index is 12.5. The molecule has 4 N–H and O–H groups in total. The van der Waals surface area contributed by atoms with Crippen molar-refractivity contribution >= 4 is 16.0 Å². The number of nitrogens with one attached hydrogen (secondary N) is 1. The van der Waals surface area contributed by atoms with Crippen LogP contribution in [0.2, 0.25) is 0 Å². The van der Waals surface area contributed by atoms with Crippen molar-refractivity contribution in [3.63, 3.8) is 0 Å². The third-order valence-electron chi connectivity index (χ3n) is 8.73. The number of carbonyl (C=O) groups is 1. The molecule has 0 radical (unpaired) electrons. The highest BCUT2D eigenvalue weighted by atomic mass is 32.2. The van der Waals surface area contributed by atoms with Crippen LogP contribution >= 0.6 is 0 Å². The number of allylic oxidation sites excluding steroid dienone is 3. The maximum Gasteiger partial charge on any atom is 0.267 e. The van der Waals surface area contributed by atoms with Crippen LogP contribution in [0.4, 0.5) is 0 Å². The quantitative estimate of drug-likeness (QED) is 0.0307. The summed E-state index contributed by atoms with van der Waals surface area (Å²) in [5.41, 5.74) is 0. The van der Waals surface area contributed by atoms with Gasteiger partial charge in [0.05, 0.1) is 17.9 Å². The van der Waals surface area contributed by atoms with Crippen molar-refractivity contribution in [2.24, 2.45) is 0 Å². The average Bonchev–Trinajstić information content (AvgIpc) is 3.01. The van der Waals surface area contributed by atoms with Gasteiger partial charge in [-0.05, 0) is 44.9 Å². The van der Waals surface area contributed by atoms with Crippen molar-refractivity contribution in [1.82, 2.24) is 5.32 Å². The molecule has 0 heterocycles. The summed E-state index contributed by atoms with van der Waals surface area (Å²) in [6.45, 7) is 4.47. The number of unbranched alkanes of at least 4 members (excludes halogenated alkanes) is 23. The second-order valence-corrected chi connectivity index (χ2v) is 14.8. The van der Waals surface area contributed by atoms with E-state index < -0.39 is 40.0 Å². The third-order valence-corrected chi connectivity index (χ3v) is 9.51. The van der Waals surface area contributed by atoms with Gasteiger partial charge in [-0.25, -0.2) is 0 Å². The fraction of sp³-hybridized carbons (Fsp3) is 0.868. The van der Waals surface area contributed by atoms with Gasteiger partial charge in [0.1, 0.15) is 6.10 Å². The summed E-state index contributed by atoms with van der Waals surface area (Å²) < 4.78 is 32.3. The molecule has 0 aliphatic carbocycles. The zero-order valence-electron chi connectivity index (χ0n) is 29.8. The molecule has 8 heteroatoms. The molecule has 0 spiro atoms. The highest BCUT2D eigenvalue weighted by Gasteiger charge is 2.27. The average molecular weight is 672 g/mol. The Labute approximate surface area is 284 Å². The fourth-order valence-corrected chi connectivity index (χ4v) is 6.48. The zero-order chi connectivity index (χ0) is 34.1. The number of hydrogen-bond donors (Lipinski definition) is 4. The van der Waals surface area contributed by atoms with Gasteiger partial charge in [-0.15, -0.1) is 0 Å². The molecule has 3 atom stereocenters. The molecule has 0 aliphatic heterocycles. The SMILES string of the molecule is CCCCCCCCCC/C=C/C(O)C(CS(=O)(=O)O)NC(=O)C(O)CCCCCCCC/C=C\CCCCCCCCCCC. The van der Waals surface area contributed by atoms with E-state index in [2.05, 4.69) is 31.3 Å². The van der Waals surface area contributed by atoms with E-state index in [4.69, 9.17) is 0 Å². The zero-order valence-corrected chi connectivity index (χ0v) is 30.6. The van der Waals surface area contributed by atoms with Crippen LogP contribution < -0.4 is 5.32 Å². The largest absolute Gasteiger partial charge is 0.387 e. The Bertz CT molecular complexity index is 844. The van der Waals surface area contributed by atoms with Crippen LogP contribution in [-0.2, 0) is 14.9 Å². The van der Waals surface area contributed by atoms with Crippen molar-refractivity contribution in [2.45, 2.75) is 205 Å². The second-order valence-electron chi connectivity index (χ2n) is 13.3. The Morgan fingerprint density at radius 2 is 0.957 bits per heavy atom. The molecule has 1 amide bonds. The Morgan fingerprint density at radius 3 is 1.37 bits per heavy atom. The van der Waals surface area contributed by atoms with E-state index in [9.17, 15) is 28.0 Å². The van der Waals surface area contributed by atoms with Gasteiger partial charge in [0.2, 0.25) is 5.91 Å². The van der Waals surface area contributed by atoms with Crippen LogP contribution in [-0.4, -0.2) is 53.1 Å². The Balaban J connectivity index is 4.02. The van der Waals surface area contributed by atoms with Crippen LogP contribution in [0.5, 0.6) is 0 Å². The van der Waals surface area contributed by atoms with Crippen LogP contribution in [0, 0.1) is 0 Å². The minimum atomic E-state index is -4.43. The summed E-state index contributed by atoms with van der Waals surface area (Å²) in [5.74, 6) is -1.54. The van der Waals surface area contributed by atoms with E-state index in [0.29, 0.717) is 6.42 Å². The predicted molar refractivity (Wildman–Crippen MR) is 195 cm³/mol. The van der Waals surface area contributed by atoms with Gasteiger partial charge >= 0.3 is 0 Å². The lowest BCUT2D eigenvalue weighted by Crippen LogP contribution is -2.50. The van der Waals surface area contributed by atoms with E-state index in [1.165, 1.54) is 122 Å². The van der Waals surface area contributed by atoms with Gasteiger partial charge in [-0.1, -0.05) is 167 Å². The standard InChI is InChI=1S/C38H73NO6S/c1-3-5-7-9-11-13-15-16-17-18-19-20-21-22-23-25-27-29-31-33-37(41)38(42)39-35(34-46(43,44)45)36(40)32-30-28-26-24-14-12-10-8-6-4-2/h19-20,30,32,35-37,40-41H,3-18,21-29,31,33-34H2,1-2H3,(H,39,42)(H,43,44,45)/b20-19-,32-30+. The third kappa shape index (κ3) is 31.4. The monoisotopic (exact) mass is 672 g/mol. The molecule has 0 fully saturated rings. The first-order valence-corrected chi connectivity index (χ1v) is 20.8. The molecule has 0 rings (SSSR count). The molecule has 7 nitrogen and oxygen atoms in total. The molecule has 0 aromatic carbocycles. The summed E-state index contributed by atoms with van der Waals surface area (Å²) >= 11 is 0. The second kappa shape index (κ2) is 32.3. The number of rotatable bonds is 34. The van der Waals surface area contributed by atoms with Crippen molar-refractivity contribution in [2.75, 3.05) is 5.75 Å². The molecule has 0 aliphatic rings. The first-order chi connectivity index (χ1) is 22.2. The van der Waals surface area contributed by atoms with Crippen LogP contribution in [0.15, 0.2) is 24.3 Å². The molecule has 0 aromatic heterocycles. The van der Waals surface area contributed by atoms with Crippen LogP contribution in [0.1, 0.15) is 187 Å². The molecule has 0 saturated heterocycles. The molecule has 272 valence electrons. The smallest absolute Gasteiger partial charge is 0.267 e. The summed E-state index contributed by atoms with van der Waals surface area (Å²) in [6, 6.07) is -1.23. The molecule has 46 heavy (non-hydrogen) atoms.